The van der Waals surface area contributed by atoms with Gasteiger partial charge in [0, 0.05) is 23.2 Å². The van der Waals surface area contributed by atoms with Gasteiger partial charge in [-0.05, 0) is 25.5 Å². The predicted octanol–water partition coefficient (Wildman–Crippen LogP) is 4.09. The van der Waals surface area contributed by atoms with Crippen molar-refractivity contribution in [2.24, 2.45) is 0 Å². The van der Waals surface area contributed by atoms with Crippen molar-refractivity contribution in [3.8, 4) is 0 Å². The molecule has 0 spiro atoms. The van der Waals surface area contributed by atoms with E-state index in [2.05, 4.69) is 24.3 Å². The number of hydrogen-bond donors (Lipinski definition) is 1. The molecule has 0 aliphatic carbocycles. The van der Waals surface area contributed by atoms with E-state index in [1.165, 1.54) is 6.07 Å². The highest BCUT2D eigenvalue weighted by molar-refractivity contribution is 7.10. The number of hydrogen-bond acceptors (Lipinski definition) is 3. The van der Waals surface area contributed by atoms with Crippen molar-refractivity contribution in [1.29, 1.82) is 0 Å². The smallest absolute Gasteiger partial charge is 0.176 e. The van der Waals surface area contributed by atoms with E-state index in [0.29, 0.717) is 12.6 Å². The SMILES string of the molecule is CCC(C)n1ccc(NCc2ccc(F)s2)n1.Cl. The molecule has 1 atom stereocenters. The lowest BCUT2D eigenvalue weighted by Crippen LogP contribution is -2.05. The van der Waals surface area contributed by atoms with E-state index in [1.807, 2.05) is 16.9 Å². The largest absolute Gasteiger partial charge is 0.364 e. The average Bonchev–Trinajstić information content (AvgIpc) is 2.94. The van der Waals surface area contributed by atoms with Gasteiger partial charge in [-0.1, -0.05) is 6.92 Å². The second-order valence-corrected chi connectivity index (χ2v) is 5.12. The zero-order valence-corrected chi connectivity index (χ0v) is 12.0. The highest BCUT2D eigenvalue weighted by Crippen LogP contribution is 2.16. The van der Waals surface area contributed by atoms with E-state index in [0.717, 1.165) is 28.5 Å². The number of nitrogens with zero attached hydrogens (tertiary/aromatic N) is 2. The third kappa shape index (κ3) is 3.71. The fourth-order valence-corrected chi connectivity index (χ4v) is 2.16. The maximum atomic E-state index is 12.8. The molecular formula is C12H17ClFN3S. The first-order valence-corrected chi connectivity index (χ1v) is 6.54. The first-order chi connectivity index (χ1) is 8.19. The van der Waals surface area contributed by atoms with Gasteiger partial charge in [-0.2, -0.15) is 9.49 Å². The van der Waals surface area contributed by atoms with Gasteiger partial charge in [-0.25, -0.2) is 0 Å². The Bertz CT molecular complexity index is 483. The highest BCUT2D eigenvalue weighted by Gasteiger charge is 2.05. The number of anilines is 1. The van der Waals surface area contributed by atoms with Gasteiger partial charge < -0.3 is 5.32 Å². The minimum atomic E-state index is -0.146. The van der Waals surface area contributed by atoms with Gasteiger partial charge in [0.1, 0.15) is 5.82 Å². The van der Waals surface area contributed by atoms with Crippen LogP contribution in [0.4, 0.5) is 10.2 Å². The summed E-state index contributed by atoms with van der Waals surface area (Å²) in [7, 11) is 0. The Hall–Kier alpha value is -1.07. The molecule has 0 radical (unpaired) electrons. The molecule has 0 aromatic carbocycles. The van der Waals surface area contributed by atoms with Crippen molar-refractivity contribution in [3.05, 3.63) is 34.4 Å². The van der Waals surface area contributed by atoms with Gasteiger partial charge in [0.05, 0.1) is 6.54 Å². The molecule has 100 valence electrons. The third-order valence-electron chi connectivity index (χ3n) is 2.72. The van der Waals surface area contributed by atoms with Crippen LogP contribution in [0.2, 0.25) is 0 Å². The van der Waals surface area contributed by atoms with E-state index >= 15 is 0 Å². The minimum absolute atomic E-state index is 0. The molecular weight excluding hydrogens is 273 g/mol. The summed E-state index contributed by atoms with van der Waals surface area (Å²) in [5, 5.41) is 7.46. The fourth-order valence-electron chi connectivity index (χ4n) is 1.49. The molecule has 2 aromatic heterocycles. The van der Waals surface area contributed by atoms with Gasteiger partial charge in [-0.15, -0.1) is 23.7 Å². The Labute approximate surface area is 116 Å². The van der Waals surface area contributed by atoms with Crippen molar-refractivity contribution in [2.45, 2.75) is 32.9 Å². The second kappa shape index (κ2) is 6.75. The van der Waals surface area contributed by atoms with Crippen molar-refractivity contribution in [2.75, 3.05) is 5.32 Å². The van der Waals surface area contributed by atoms with Crippen LogP contribution < -0.4 is 5.32 Å². The second-order valence-electron chi connectivity index (χ2n) is 4.00. The van der Waals surface area contributed by atoms with Crippen molar-refractivity contribution in [1.82, 2.24) is 9.78 Å². The molecule has 0 saturated heterocycles. The molecule has 3 nitrogen and oxygen atoms in total. The van der Waals surface area contributed by atoms with Gasteiger partial charge in [0.25, 0.3) is 0 Å². The van der Waals surface area contributed by atoms with Gasteiger partial charge >= 0.3 is 0 Å². The summed E-state index contributed by atoms with van der Waals surface area (Å²) in [5.74, 6) is 0.833. The fraction of sp³-hybridized carbons (Fsp3) is 0.417. The standard InChI is InChI=1S/C12H16FN3S.ClH/c1-3-9(2)16-7-6-12(15-16)14-8-10-4-5-11(13)17-10;/h4-7,9H,3,8H2,1-2H3,(H,14,15);1H. The summed E-state index contributed by atoms with van der Waals surface area (Å²) in [4.78, 5) is 0.973. The summed E-state index contributed by atoms with van der Waals surface area (Å²) < 4.78 is 14.7. The zero-order valence-electron chi connectivity index (χ0n) is 10.4. The summed E-state index contributed by atoms with van der Waals surface area (Å²) in [6, 6.07) is 5.62. The normalized spacial score (nSPS) is 11.9. The van der Waals surface area contributed by atoms with Crippen LogP contribution in [0.15, 0.2) is 24.4 Å². The van der Waals surface area contributed by atoms with Crippen LogP contribution in [-0.2, 0) is 6.54 Å². The Morgan fingerprint density at radius 3 is 2.83 bits per heavy atom. The number of rotatable bonds is 5. The van der Waals surface area contributed by atoms with Crippen LogP contribution in [0.1, 0.15) is 31.2 Å². The Balaban J connectivity index is 0.00000162. The molecule has 1 N–H and O–H groups in total. The van der Waals surface area contributed by atoms with Crippen molar-refractivity contribution in [3.63, 3.8) is 0 Å². The topological polar surface area (TPSA) is 29.9 Å². The molecule has 0 fully saturated rings. The quantitative estimate of drug-likeness (QED) is 0.898. The summed E-state index contributed by atoms with van der Waals surface area (Å²) in [5.41, 5.74) is 0. The number of thiophene rings is 1. The van der Waals surface area contributed by atoms with Crippen LogP contribution in [0.5, 0.6) is 0 Å². The number of nitrogens with one attached hydrogen (secondary N) is 1. The van der Waals surface area contributed by atoms with E-state index in [4.69, 9.17) is 0 Å². The molecule has 6 heteroatoms. The zero-order chi connectivity index (χ0) is 12.3. The average molecular weight is 290 g/mol. The lowest BCUT2D eigenvalue weighted by Gasteiger charge is -2.08. The summed E-state index contributed by atoms with van der Waals surface area (Å²) in [6.45, 7) is 4.88. The van der Waals surface area contributed by atoms with E-state index in [9.17, 15) is 4.39 Å². The molecule has 0 amide bonds. The lowest BCUT2D eigenvalue weighted by atomic mass is 10.3. The van der Waals surface area contributed by atoms with Gasteiger partial charge in [0.15, 0.2) is 5.13 Å². The maximum Gasteiger partial charge on any atom is 0.176 e. The highest BCUT2D eigenvalue weighted by atomic mass is 35.5. The van der Waals surface area contributed by atoms with Crippen LogP contribution in [0.3, 0.4) is 0 Å². The molecule has 0 bridgehead atoms. The Kier molecular flexibility index (Phi) is 5.62. The van der Waals surface area contributed by atoms with E-state index in [-0.39, 0.29) is 17.5 Å². The molecule has 0 aliphatic rings. The third-order valence-corrected chi connectivity index (χ3v) is 3.60. The first kappa shape index (κ1) is 15.0. The summed E-state index contributed by atoms with van der Waals surface area (Å²) >= 11 is 1.16. The molecule has 2 rings (SSSR count). The van der Waals surface area contributed by atoms with Crippen LogP contribution >= 0.6 is 23.7 Å². The molecule has 1 unspecified atom stereocenters. The van der Waals surface area contributed by atoms with E-state index in [1.54, 1.807) is 6.07 Å². The minimum Gasteiger partial charge on any atom is -0.364 e. The maximum absolute atomic E-state index is 12.8. The molecule has 2 heterocycles. The van der Waals surface area contributed by atoms with Gasteiger partial charge in [-0.3, -0.25) is 4.68 Å². The van der Waals surface area contributed by atoms with Crippen LogP contribution in [-0.4, -0.2) is 9.78 Å². The van der Waals surface area contributed by atoms with Crippen molar-refractivity contribution >= 4 is 29.6 Å². The predicted molar refractivity (Wildman–Crippen MR) is 76.1 cm³/mol. The first-order valence-electron chi connectivity index (χ1n) is 5.72. The molecule has 2 aromatic rings. The number of aromatic nitrogens is 2. The monoisotopic (exact) mass is 289 g/mol. The molecule has 0 saturated carbocycles. The molecule has 18 heavy (non-hydrogen) atoms. The van der Waals surface area contributed by atoms with Crippen LogP contribution in [0.25, 0.3) is 0 Å². The van der Waals surface area contributed by atoms with E-state index < -0.39 is 0 Å². The molecule has 0 aliphatic heterocycles. The Morgan fingerprint density at radius 1 is 1.44 bits per heavy atom. The number of halogens is 2. The lowest BCUT2D eigenvalue weighted by molar-refractivity contribution is 0.479. The van der Waals surface area contributed by atoms with Crippen molar-refractivity contribution < 1.29 is 4.39 Å². The van der Waals surface area contributed by atoms with Crippen LogP contribution in [0, 0.1) is 5.13 Å². The van der Waals surface area contributed by atoms with Gasteiger partial charge in [0.2, 0.25) is 0 Å². The summed E-state index contributed by atoms with van der Waals surface area (Å²) in [6.07, 6.45) is 3.02. The Morgan fingerprint density at radius 2 is 2.22 bits per heavy atom.